The van der Waals surface area contributed by atoms with E-state index >= 15 is 0 Å². The van der Waals surface area contributed by atoms with Gasteiger partial charge in [0.15, 0.2) is 17.5 Å². The van der Waals surface area contributed by atoms with Crippen LogP contribution in [-0.4, -0.2) is 25.4 Å². The fraction of sp³-hybridized carbons (Fsp3) is 0.167. The van der Waals surface area contributed by atoms with Crippen molar-refractivity contribution in [1.82, 2.24) is 19.5 Å². The zero-order valence-corrected chi connectivity index (χ0v) is 17.3. The summed E-state index contributed by atoms with van der Waals surface area (Å²) >= 11 is 0. The number of nitrogen functional groups attached to an aromatic ring is 1. The largest absolute Gasteiger partial charge is 0.441 e. The van der Waals surface area contributed by atoms with E-state index < -0.39 is 5.82 Å². The molecule has 8 heteroatoms. The molecular weight excluding hydrogens is 407 g/mol. The molecule has 32 heavy (non-hydrogen) atoms. The summed E-state index contributed by atoms with van der Waals surface area (Å²) < 4.78 is 22.1. The Morgan fingerprint density at radius 2 is 2.12 bits per heavy atom. The predicted octanol–water partition coefficient (Wildman–Crippen LogP) is 4.19. The highest BCUT2D eigenvalue weighted by atomic mass is 19.1. The first-order valence-corrected chi connectivity index (χ1v) is 10.1. The summed E-state index contributed by atoms with van der Waals surface area (Å²) in [4.78, 5) is 13.1. The summed E-state index contributed by atoms with van der Waals surface area (Å²) in [5.41, 5.74) is 11.7. The molecule has 1 aliphatic heterocycles. The fourth-order valence-corrected chi connectivity index (χ4v) is 4.30. The summed E-state index contributed by atoms with van der Waals surface area (Å²) in [5.74, 6) is 2.22. The number of rotatable bonds is 2. The van der Waals surface area contributed by atoms with Crippen LogP contribution in [0.2, 0.25) is 0 Å². The minimum absolute atomic E-state index is 0.0131. The molecule has 0 spiro atoms. The van der Waals surface area contributed by atoms with Crippen molar-refractivity contribution in [2.45, 2.75) is 26.3 Å². The van der Waals surface area contributed by atoms with E-state index in [-0.39, 0.29) is 11.6 Å². The third-order valence-corrected chi connectivity index (χ3v) is 5.57. The van der Waals surface area contributed by atoms with Crippen LogP contribution in [-0.2, 0) is 13.0 Å². The minimum atomic E-state index is -0.577. The zero-order valence-electron chi connectivity index (χ0n) is 17.3. The molecule has 0 radical (unpaired) electrons. The molecule has 1 aliphatic rings. The van der Waals surface area contributed by atoms with Gasteiger partial charge in [-0.2, -0.15) is 0 Å². The molecule has 1 aromatic carbocycles. The number of benzene rings is 1. The molecule has 4 aromatic rings. The van der Waals surface area contributed by atoms with E-state index in [0.29, 0.717) is 34.7 Å². The number of hydrogen-bond donors (Lipinski definition) is 2. The van der Waals surface area contributed by atoms with E-state index in [2.05, 4.69) is 25.4 Å². The Kier molecular flexibility index (Phi) is 4.59. The molecule has 3 N–H and O–H groups in total. The average molecular weight is 426 g/mol. The van der Waals surface area contributed by atoms with E-state index in [1.807, 2.05) is 6.07 Å². The Bertz CT molecular complexity index is 1450. The molecule has 3 aromatic heterocycles. The van der Waals surface area contributed by atoms with E-state index in [9.17, 15) is 4.39 Å². The summed E-state index contributed by atoms with van der Waals surface area (Å²) in [6.07, 6.45) is 10.5. The molecule has 0 unspecified atom stereocenters. The van der Waals surface area contributed by atoms with Gasteiger partial charge in [-0.1, -0.05) is 12.0 Å². The van der Waals surface area contributed by atoms with Crippen LogP contribution >= 0.6 is 0 Å². The van der Waals surface area contributed by atoms with Gasteiger partial charge in [0.25, 0.3) is 0 Å². The van der Waals surface area contributed by atoms with E-state index in [1.165, 1.54) is 25.4 Å². The van der Waals surface area contributed by atoms with Crippen LogP contribution in [0.15, 0.2) is 36.8 Å². The first-order valence-electron chi connectivity index (χ1n) is 10.1. The number of nitrogens with two attached hydrogens (primary N) is 1. The number of terminal acetylenes is 1. The topological polar surface area (TPSA) is 103 Å². The number of nitrogens with zero attached hydrogens (tertiary/aromatic N) is 4. The van der Waals surface area contributed by atoms with Gasteiger partial charge < -0.3 is 15.0 Å². The van der Waals surface area contributed by atoms with Crippen molar-refractivity contribution in [3.05, 3.63) is 53.9 Å². The van der Waals surface area contributed by atoms with Crippen molar-refractivity contribution in [3.63, 3.8) is 0 Å². The molecular formula is C24H19FN6O. The number of anilines is 1. The highest BCUT2D eigenvalue weighted by Crippen LogP contribution is 2.45. The molecule has 5 rings (SSSR count). The van der Waals surface area contributed by atoms with Gasteiger partial charge in [-0.25, -0.2) is 19.3 Å². The Balaban J connectivity index is 1.84. The van der Waals surface area contributed by atoms with Gasteiger partial charge in [-0.3, -0.25) is 5.41 Å². The highest BCUT2D eigenvalue weighted by Gasteiger charge is 2.27. The Labute approximate surface area is 183 Å². The van der Waals surface area contributed by atoms with Crippen molar-refractivity contribution in [2.75, 3.05) is 5.73 Å². The van der Waals surface area contributed by atoms with Crippen molar-refractivity contribution < 1.29 is 9.13 Å². The van der Waals surface area contributed by atoms with Crippen LogP contribution < -0.4 is 10.5 Å². The molecule has 7 nitrogen and oxygen atoms in total. The molecule has 4 heterocycles. The maximum Gasteiger partial charge on any atom is 0.184 e. The molecule has 0 atom stereocenters. The third kappa shape index (κ3) is 3.06. The van der Waals surface area contributed by atoms with Gasteiger partial charge in [0, 0.05) is 30.8 Å². The summed E-state index contributed by atoms with van der Waals surface area (Å²) in [6, 6.07) is 6.56. The van der Waals surface area contributed by atoms with Crippen LogP contribution in [0, 0.1) is 23.6 Å². The molecule has 0 fully saturated rings. The maximum absolute atomic E-state index is 14.9. The first kappa shape index (κ1) is 19.7. The van der Waals surface area contributed by atoms with Gasteiger partial charge in [0.2, 0.25) is 0 Å². The van der Waals surface area contributed by atoms with Crippen LogP contribution in [0.25, 0.3) is 33.4 Å². The molecule has 0 saturated heterocycles. The number of aryl methyl sites for hydroxylation is 2. The van der Waals surface area contributed by atoms with Crippen LogP contribution in [0.5, 0.6) is 5.75 Å². The lowest BCUT2D eigenvalue weighted by Crippen LogP contribution is -2.02. The summed E-state index contributed by atoms with van der Waals surface area (Å²) in [6.45, 7) is 2.15. The lowest BCUT2D eigenvalue weighted by Gasteiger charge is -2.12. The van der Waals surface area contributed by atoms with Crippen LogP contribution in [0.1, 0.15) is 24.6 Å². The summed E-state index contributed by atoms with van der Waals surface area (Å²) in [5, 5.41) is 8.13. The molecule has 0 bridgehead atoms. The number of halogens is 1. The van der Waals surface area contributed by atoms with Gasteiger partial charge in [0.05, 0.1) is 11.1 Å². The quantitative estimate of drug-likeness (QED) is 0.284. The first-order chi connectivity index (χ1) is 15.5. The van der Waals surface area contributed by atoms with Gasteiger partial charge in [0.1, 0.15) is 23.5 Å². The molecule has 158 valence electrons. The second-order valence-electron chi connectivity index (χ2n) is 7.61. The molecule has 0 saturated carbocycles. The van der Waals surface area contributed by atoms with Crippen molar-refractivity contribution in [2.24, 2.45) is 0 Å². The zero-order chi connectivity index (χ0) is 22.4. The highest BCUT2D eigenvalue weighted by molar-refractivity contribution is 6.08. The van der Waals surface area contributed by atoms with Crippen LogP contribution in [0.3, 0.4) is 0 Å². The number of pyridine rings is 1. The third-order valence-electron chi connectivity index (χ3n) is 5.57. The molecule has 0 amide bonds. The van der Waals surface area contributed by atoms with Crippen molar-refractivity contribution in [1.29, 1.82) is 5.41 Å². The lowest BCUT2D eigenvalue weighted by molar-refractivity contribution is 0.485. The lowest BCUT2D eigenvalue weighted by atomic mass is 9.95. The Hall–Kier alpha value is -4.25. The van der Waals surface area contributed by atoms with E-state index in [0.717, 1.165) is 35.2 Å². The number of nitrogens with one attached hydrogen (secondary N) is 1. The Morgan fingerprint density at radius 1 is 1.28 bits per heavy atom. The summed E-state index contributed by atoms with van der Waals surface area (Å²) in [7, 11) is 0. The van der Waals surface area contributed by atoms with Crippen LogP contribution in [0.4, 0.5) is 10.2 Å². The number of fused-ring (bicyclic) bond motifs is 5. The van der Waals surface area contributed by atoms with Gasteiger partial charge in [-0.05, 0) is 42.2 Å². The van der Waals surface area contributed by atoms with Gasteiger partial charge in [-0.15, -0.1) is 6.42 Å². The van der Waals surface area contributed by atoms with Crippen molar-refractivity contribution in [3.8, 4) is 40.5 Å². The minimum Gasteiger partial charge on any atom is -0.441 e. The monoisotopic (exact) mass is 426 g/mol. The predicted molar refractivity (Wildman–Crippen MR) is 121 cm³/mol. The average Bonchev–Trinajstić information content (AvgIpc) is 2.98. The number of hydrogen-bond acceptors (Lipinski definition) is 6. The van der Waals surface area contributed by atoms with E-state index in [1.54, 1.807) is 12.3 Å². The SMILES string of the molecule is C#Cc1cc2c(cn1)-c1c(-c3ccc(OC(C)=N)c(F)c3)c3c(N)ncnc3n1CCC2. The molecule has 0 aliphatic carbocycles. The fourth-order valence-electron chi connectivity index (χ4n) is 4.30. The second-order valence-corrected chi connectivity index (χ2v) is 7.61. The smallest absolute Gasteiger partial charge is 0.184 e. The Morgan fingerprint density at radius 3 is 2.88 bits per heavy atom. The standard InChI is InChI=1S/C24H19FN6O/c1-3-16-9-14-5-4-8-31-22(17(14)11-28-16)20(21-23(27)29-12-30-24(21)31)15-6-7-19(18(25)10-15)32-13(2)26/h1,6-7,9-12,26H,4-5,8H2,2H3,(H2,27,29,30). The normalized spacial score (nSPS) is 12.5. The van der Waals surface area contributed by atoms with E-state index in [4.69, 9.17) is 22.3 Å². The van der Waals surface area contributed by atoms with Crippen molar-refractivity contribution >= 4 is 22.7 Å². The second kappa shape index (κ2) is 7.46. The van der Waals surface area contributed by atoms with Gasteiger partial charge >= 0.3 is 0 Å². The maximum atomic E-state index is 14.9. The number of ether oxygens (including phenoxy) is 1. The number of aromatic nitrogens is 4.